The van der Waals surface area contributed by atoms with Gasteiger partial charge in [0.1, 0.15) is 5.69 Å². The third-order valence-electron chi connectivity index (χ3n) is 0.951. The minimum absolute atomic E-state index is 0.442. The molecule has 46 valence electrons. The molecule has 0 radical (unpaired) electrons. The maximum absolute atomic E-state index is 9.95. The second-order valence-corrected chi connectivity index (χ2v) is 2.40. The summed E-state index contributed by atoms with van der Waals surface area (Å²) in [6.45, 7) is 0. The lowest BCUT2D eigenvalue weighted by molar-refractivity contribution is 1.47. The van der Waals surface area contributed by atoms with Gasteiger partial charge in [-0.2, -0.15) is 0 Å². The molecular formula is C6H4BrNO. The van der Waals surface area contributed by atoms with Gasteiger partial charge in [-0.3, -0.25) is 0 Å². The summed E-state index contributed by atoms with van der Waals surface area (Å²) in [7, 11) is 0. The monoisotopic (exact) mass is 185 g/mol. The molecule has 0 bridgehead atoms. The summed E-state index contributed by atoms with van der Waals surface area (Å²) in [6, 6.07) is 7.02. The number of benzene rings is 1. The normalized spacial score (nSPS) is 9.00. The molecule has 0 aliphatic rings. The van der Waals surface area contributed by atoms with Crippen molar-refractivity contribution in [1.82, 2.24) is 0 Å². The van der Waals surface area contributed by atoms with Crippen molar-refractivity contribution in [2.75, 3.05) is 0 Å². The van der Waals surface area contributed by atoms with E-state index in [2.05, 4.69) is 21.1 Å². The van der Waals surface area contributed by atoms with Gasteiger partial charge in [0.05, 0.1) is 0 Å². The van der Waals surface area contributed by atoms with Crippen molar-refractivity contribution < 1.29 is 0 Å². The number of rotatable bonds is 1. The Balaban J connectivity index is 3.15. The molecule has 0 spiro atoms. The molecule has 0 aliphatic carbocycles. The first kappa shape index (κ1) is 6.42. The van der Waals surface area contributed by atoms with Crippen molar-refractivity contribution in [3.05, 3.63) is 33.6 Å². The van der Waals surface area contributed by atoms with Gasteiger partial charge in [-0.1, -0.05) is 12.1 Å². The lowest BCUT2D eigenvalue weighted by Gasteiger charge is -1.88. The highest BCUT2D eigenvalue weighted by Gasteiger charge is 1.93. The Bertz CT molecular complexity index is 224. The zero-order chi connectivity index (χ0) is 6.69. The van der Waals surface area contributed by atoms with E-state index in [1.165, 1.54) is 0 Å². The Morgan fingerprint density at radius 3 is 2.44 bits per heavy atom. The molecule has 0 saturated carbocycles. The zero-order valence-electron chi connectivity index (χ0n) is 4.54. The average Bonchev–Trinajstić information content (AvgIpc) is 1.89. The van der Waals surface area contributed by atoms with Crippen LogP contribution in [0.4, 0.5) is 5.69 Å². The summed E-state index contributed by atoms with van der Waals surface area (Å²) >= 11 is 3.16. The third-order valence-corrected chi connectivity index (χ3v) is 1.62. The smallest absolute Gasteiger partial charge is 0.122 e. The van der Waals surface area contributed by atoms with Crippen LogP contribution in [0.2, 0.25) is 0 Å². The first-order chi connectivity index (χ1) is 4.34. The van der Waals surface area contributed by atoms with Crippen molar-refractivity contribution in [2.45, 2.75) is 0 Å². The molecule has 3 heteroatoms. The Morgan fingerprint density at radius 1 is 1.33 bits per heavy atom. The van der Waals surface area contributed by atoms with Crippen LogP contribution in [0.15, 0.2) is 33.9 Å². The van der Waals surface area contributed by atoms with Crippen molar-refractivity contribution in [3.63, 3.8) is 0 Å². The summed E-state index contributed by atoms with van der Waals surface area (Å²) in [5.74, 6) is 0. The molecule has 0 amide bonds. The molecule has 0 heterocycles. The highest BCUT2D eigenvalue weighted by atomic mass is 79.9. The minimum Gasteiger partial charge on any atom is -0.145 e. The van der Waals surface area contributed by atoms with Crippen molar-refractivity contribution in [3.8, 4) is 0 Å². The van der Waals surface area contributed by atoms with Crippen LogP contribution in [0.3, 0.4) is 0 Å². The Hall–Kier alpha value is -0.700. The SMILES string of the molecule is O=Nc1ccccc1Br. The summed E-state index contributed by atoms with van der Waals surface area (Å²) in [4.78, 5) is 9.95. The lowest BCUT2D eigenvalue weighted by Crippen LogP contribution is -1.63. The van der Waals surface area contributed by atoms with Gasteiger partial charge in [0.25, 0.3) is 0 Å². The molecule has 0 N–H and O–H groups in total. The predicted octanol–water partition coefficient (Wildman–Crippen LogP) is 2.85. The first-order valence-electron chi connectivity index (χ1n) is 2.42. The third kappa shape index (κ3) is 1.36. The summed E-state index contributed by atoms with van der Waals surface area (Å²) in [5.41, 5.74) is 0.442. The standard InChI is InChI=1S/C6H4BrNO/c7-5-3-1-2-4-6(5)8-9/h1-4H. The fraction of sp³-hybridized carbons (Fsp3) is 0. The van der Waals surface area contributed by atoms with Gasteiger partial charge in [0, 0.05) is 4.47 Å². The highest BCUT2D eigenvalue weighted by molar-refractivity contribution is 9.10. The van der Waals surface area contributed by atoms with Crippen LogP contribution >= 0.6 is 15.9 Å². The molecule has 0 aromatic heterocycles. The van der Waals surface area contributed by atoms with Crippen LogP contribution in [-0.4, -0.2) is 0 Å². The molecule has 0 aliphatic heterocycles. The number of hydrogen-bond acceptors (Lipinski definition) is 2. The molecule has 1 aromatic carbocycles. The summed E-state index contributed by atoms with van der Waals surface area (Å²) < 4.78 is 0.736. The van der Waals surface area contributed by atoms with E-state index >= 15 is 0 Å². The molecule has 9 heavy (non-hydrogen) atoms. The van der Waals surface area contributed by atoms with E-state index in [-0.39, 0.29) is 0 Å². The first-order valence-corrected chi connectivity index (χ1v) is 3.22. The van der Waals surface area contributed by atoms with Crippen LogP contribution < -0.4 is 0 Å². The second kappa shape index (κ2) is 2.73. The van der Waals surface area contributed by atoms with Gasteiger partial charge in [-0.05, 0) is 33.2 Å². The van der Waals surface area contributed by atoms with Crippen molar-refractivity contribution in [2.24, 2.45) is 5.18 Å². The number of hydrogen-bond donors (Lipinski definition) is 0. The van der Waals surface area contributed by atoms with Gasteiger partial charge in [-0.15, -0.1) is 4.91 Å². The molecule has 0 atom stereocenters. The maximum Gasteiger partial charge on any atom is 0.122 e. The van der Waals surface area contributed by atoms with Gasteiger partial charge in [-0.25, -0.2) is 0 Å². The van der Waals surface area contributed by atoms with E-state index in [1.807, 2.05) is 6.07 Å². The fourth-order valence-electron chi connectivity index (χ4n) is 0.526. The molecule has 0 unspecified atom stereocenters. The predicted molar refractivity (Wildman–Crippen MR) is 39.6 cm³/mol. The molecular weight excluding hydrogens is 182 g/mol. The van der Waals surface area contributed by atoms with Crippen LogP contribution in [0.1, 0.15) is 0 Å². The van der Waals surface area contributed by atoms with Crippen molar-refractivity contribution in [1.29, 1.82) is 0 Å². The summed E-state index contributed by atoms with van der Waals surface area (Å²) in [5, 5.41) is 2.77. The average molecular weight is 186 g/mol. The largest absolute Gasteiger partial charge is 0.145 e. The van der Waals surface area contributed by atoms with E-state index in [0.29, 0.717) is 5.69 Å². The van der Waals surface area contributed by atoms with Gasteiger partial charge in [0.2, 0.25) is 0 Å². The zero-order valence-corrected chi connectivity index (χ0v) is 6.13. The second-order valence-electron chi connectivity index (χ2n) is 1.54. The van der Waals surface area contributed by atoms with Crippen LogP contribution in [0.25, 0.3) is 0 Å². The quantitative estimate of drug-likeness (QED) is 0.620. The molecule has 2 nitrogen and oxygen atoms in total. The fourth-order valence-corrected chi connectivity index (χ4v) is 0.883. The summed E-state index contributed by atoms with van der Waals surface area (Å²) in [6.07, 6.45) is 0. The van der Waals surface area contributed by atoms with Gasteiger partial charge in [0.15, 0.2) is 0 Å². The molecule has 1 aromatic rings. The Morgan fingerprint density at radius 2 is 2.00 bits per heavy atom. The van der Waals surface area contributed by atoms with Crippen LogP contribution in [0.5, 0.6) is 0 Å². The van der Waals surface area contributed by atoms with E-state index < -0.39 is 0 Å². The van der Waals surface area contributed by atoms with E-state index in [9.17, 15) is 4.91 Å². The maximum atomic E-state index is 9.95. The molecule has 0 fully saturated rings. The topological polar surface area (TPSA) is 29.4 Å². The number of halogens is 1. The van der Waals surface area contributed by atoms with Crippen LogP contribution in [0, 0.1) is 4.91 Å². The van der Waals surface area contributed by atoms with E-state index in [0.717, 1.165) is 4.47 Å². The Labute approximate surface area is 61.0 Å². The number of nitroso groups, excluding NO2 is 1. The minimum atomic E-state index is 0.442. The van der Waals surface area contributed by atoms with Gasteiger partial charge >= 0.3 is 0 Å². The van der Waals surface area contributed by atoms with Crippen LogP contribution in [-0.2, 0) is 0 Å². The highest BCUT2D eigenvalue weighted by Crippen LogP contribution is 2.23. The number of nitrogens with zero attached hydrogens (tertiary/aromatic N) is 1. The van der Waals surface area contributed by atoms with E-state index in [4.69, 9.17) is 0 Å². The Kier molecular flexibility index (Phi) is 1.95. The lowest BCUT2D eigenvalue weighted by atomic mass is 10.3. The molecule has 0 saturated heterocycles. The van der Waals surface area contributed by atoms with Gasteiger partial charge < -0.3 is 0 Å². The molecule has 1 rings (SSSR count). The van der Waals surface area contributed by atoms with E-state index in [1.54, 1.807) is 18.2 Å². The van der Waals surface area contributed by atoms with Crippen molar-refractivity contribution >= 4 is 21.6 Å².